The van der Waals surface area contributed by atoms with Gasteiger partial charge in [0.2, 0.25) is 5.88 Å². The van der Waals surface area contributed by atoms with E-state index < -0.39 is 7.60 Å². The van der Waals surface area contributed by atoms with Gasteiger partial charge in [0, 0.05) is 10.9 Å². The van der Waals surface area contributed by atoms with E-state index >= 15 is 0 Å². The molecule has 2 heterocycles. The molecule has 0 amide bonds. The lowest BCUT2D eigenvalue weighted by molar-refractivity contribution is 0.230. The van der Waals surface area contributed by atoms with Crippen LogP contribution in [0.25, 0.3) is 22.0 Å². The largest absolute Gasteiger partial charge is 0.438 e. The van der Waals surface area contributed by atoms with Crippen molar-refractivity contribution in [2.75, 3.05) is 18.9 Å². The first-order valence-corrected chi connectivity index (χ1v) is 8.33. The van der Waals surface area contributed by atoms with Crippen molar-refractivity contribution in [3.8, 4) is 0 Å². The number of aromatic amines is 1. The highest BCUT2D eigenvalue weighted by Gasteiger charge is 2.36. The zero-order chi connectivity index (χ0) is 15.0. The quantitative estimate of drug-likeness (QED) is 0.705. The standard InChI is InChI=1S/C14H17N2O4P/c1-3-18-21(17,19-4-2)13-11-12(20-14(13)15)9-7-5-6-8-10(9)16-11/h5-8,16H,3-4,15H2,1-2H3. The molecule has 7 heteroatoms. The van der Waals surface area contributed by atoms with Gasteiger partial charge in [-0.1, -0.05) is 12.1 Å². The van der Waals surface area contributed by atoms with Gasteiger partial charge in [-0.2, -0.15) is 0 Å². The lowest BCUT2D eigenvalue weighted by Gasteiger charge is -2.15. The third-order valence-corrected chi connectivity index (χ3v) is 5.40. The summed E-state index contributed by atoms with van der Waals surface area (Å²) in [7, 11) is -3.51. The molecule has 0 aliphatic rings. The van der Waals surface area contributed by atoms with Crippen LogP contribution in [-0.2, 0) is 13.6 Å². The first-order chi connectivity index (χ1) is 10.1. The van der Waals surface area contributed by atoms with Crippen molar-refractivity contribution in [1.82, 2.24) is 4.98 Å². The van der Waals surface area contributed by atoms with Crippen molar-refractivity contribution in [3.63, 3.8) is 0 Å². The number of nitrogen functional groups attached to an aromatic ring is 1. The molecular formula is C14H17N2O4P. The molecule has 0 atom stereocenters. The van der Waals surface area contributed by atoms with Crippen LogP contribution >= 0.6 is 7.60 Å². The minimum absolute atomic E-state index is 0.0623. The monoisotopic (exact) mass is 308 g/mol. The summed E-state index contributed by atoms with van der Waals surface area (Å²) < 4.78 is 29.3. The number of nitrogens with two attached hydrogens (primary N) is 1. The first kappa shape index (κ1) is 14.2. The zero-order valence-electron chi connectivity index (χ0n) is 11.9. The van der Waals surface area contributed by atoms with E-state index in [0.717, 1.165) is 10.9 Å². The molecule has 6 nitrogen and oxygen atoms in total. The van der Waals surface area contributed by atoms with Crippen molar-refractivity contribution >= 4 is 40.8 Å². The highest BCUT2D eigenvalue weighted by molar-refractivity contribution is 7.63. The Morgan fingerprint density at radius 3 is 2.57 bits per heavy atom. The Balaban J connectivity index is 2.30. The maximum absolute atomic E-state index is 13.0. The second-order valence-corrected chi connectivity index (χ2v) is 6.48. The molecule has 3 rings (SSSR count). The number of nitrogens with one attached hydrogen (secondary N) is 1. The van der Waals surface area contributed by atoms with Gasteiger partial charge in [0.25, 0.3) is 0 Å². The van der Waals surface area contributed by atoms with Crippen LogP contribution in [0, 0.1) is 0 Å². The van der Waals surface area contributed by atoms with E-state index in [2.05, 4.69) is 4.98 Å². The van der Waals surface area contributed by atoms with Crippen molar-refractivity contribution < 1.29 is 18.0 Å². The molecule has 0 saturated heterocycles. The SMILES string of the molecule is CCOP(=O)(OCC)c1c(N)oc2c1[nH]c1ccccc12. The topological polar surface area (TPSA) is 90.5 Å². The van der Waals surface area contributed by atoms with Crippen LogP contribution in [0.1, 0.15) is 13.8 Å². The molecule has 3 N–H and O–H groups in total. The molecule has 0 aliphatic carbocycles. The average molecular weight is 308 g/mol. The van der Waals surface area contributed by atoms with Gasteiger partial charge in [0.05, 0.1) is 13.2 Å². The summed E-state index contributed by atoms with van der Waals surface area (Å²) in [6.45, 7) is 4.02. The number of rotatable bonds is 5. The molecule has 0 bridgehead atoms. The van der Waals surface area contributed by atoms with Crippen LogP contribution in [-0.4, -0.2) is 18.2 Å². The molecule has 3 aromatic rings. The van der Waals surface area contributed by atoms with E-state index in [1.807, 2.05) is 24.3 Å². The van der Waals surface area contributed by atoms with Gasteiger partial charge in [0.15, 0.2) is 10.9 Å². The number of H-pyrrole nitrogens is 1. The van der Waals surface area contributed by atoms with E-state index in [0.29, 0.717) is 11.1 Å². The Labute approximate surface area is 121 Å². The number of aromatic nitrogens is 1. The molecule has 0 radical (unpaired) electrons. The number of hydrogen-bond donors (Lipinski definition) is 2. The van der Waals surface area contributed by atoms with Gasteiger partial charge in [-0.25, -0.2) is 0 Å². The van der Waals surface area contributed by atoms with Crippen molar-refractivity contribution in [1.29, 1.82) is 0 Å². The number of anilines is 1. The van der Waals surface area contributed by atoms with E-state index in [1.54, 1.807) is 13.8 Å². The number of para-hydroxylation sites is 1. The third kappa shape index (κ3) is 2.16. The molecular weight excluding hydrogens is 291 g/mol. The Morgan fingerprint density at radius 1 is 1.24 bits per heavy atom. The van der Waals surface area contributed by atoms with Crippen molar-refractivity contribution in [2.24, 2.45) is 0 Å². The number of furan rings is 1. The van der Waals surface area contributed by atoms with Crippen LogP contribution in [0.4, 0.5) is 5.88 Å². The van der Waals surface area contributed by atoms with E-state index in [9.17, 15) is 4.57 Å². The van der Waals surface area contributed by atoms with Gasteiger partial charge in [-0.3, -0.25) is 4.57 Å². The highest BCUT2D eigenvalue weighted by atomic mass is 31.2. The third-order valence-electron chi connectivity index (χ3n) is 3.21. The summed E-state index contributed by atoms with van der Waals surface area (Å²) in [5.74, 6) is 0.0623. The molecule has 1 aromatic carbocycles. The van der Waals surface area contributed by atoms with Gasteiger partial charge >= 0.3 is 7.60 Å². The average Bonchev–Trinajstić information content (AvgIpc) is 2.93. The second-order valence-electron chi connectivity index (χ2n) is 4.52. The van der Waals surface area contributed by atoms with Crippen molar-refractivity contribution in [3.05, 3.63) is 24.3 Å². The summed E-state index contributed by atoms with van der Waals surface area (Å²) in [5, 5.41) is 1.15. The minimum Gasteiger partial charge on any atom is -0.438 e. The number of fused-ring (bicyclic) bond motifs is 3. The van der Waals surface area contributed by atoms with E-state index in [-0.39, 0.29) is 24.4 Å². The fraction of sp³-hybridized carbons (Fsp3) is 0.286. The predicted octanol–water partition coefficient (Wildman–Crippen LogP) is 3.39. The fourth-order valence-electron chi connectivity index (χ4n) is 2.45. The van der Waals surface area contributed by atoms with Crippen LogP contribution in [0.3, 0.4) is 0 Å². The van der Waals surface area contributed by atoms with E-state index in [1.165, 1.54) is 0 Å². The first-order valence-electron chi connectivity index (χ1n) is 6.79. The Kier molecular flexibility index (Phi) is 3.53. The van der Waals surface area contributed by atoms with Crippen molar-refractivity contribution in [2.45, 2.75) is 13.8 Å². The Bertz CT molecular complexity index is 826. The summed E-state index contributed by atoms with van der Waals surface area (Å²) in [4.78, 5) is 3.18. The second kappa shape index (κ2) is 5.22. The summed E-state index contributed by atoms with van der Waals surface area (Å²) in [6, 6.07) is 7.63. The number of benzene rings is 1. The minimum atomic E-state index is -3.51. The summed E-state index contributed by atoms with van der Waals surface area (Å²) in [6.07, 6.45) is 0. The van der Waals surface area contributed by atoms with Gasteiger partial charge < -0.3 is 24.2 Å². The Hall–Kier alpha value is -1.75. The molecule has 0 spiro atoms. The van der Waals surface area contributed by atoms with Crippen LogP contribution in [0.2, 0.25) is 0 Å². The molecule has 0 fully saturated rings. The molecule has 2 aromatic heterocycles. The van der Waals surface area contributed by atoms with Crippen LogP contribution in [0.15, 0.2) is 28.7 Å². The van der Waals surface area contributed by atoms with Crippen LogP contribution < -0.4 is 11.0 Å². The van der Waals surface area contributed by atoms with Gasteiger partial charge in [-0.05, 0) is 26.0 Å². The normalized spacial score (nSPS) is 12.5. The fourth-order valence-corrected chi connectivity index (χ4v) is 4.21. The summed E-state index contributed by atoms with van der Waals surface area (Å²) >= 11 is 0. The smallest absolute Gasteiger partial charge is 0.368 e. The predicted molar refractivity (Wildman–Crippen MR) is 83.0 cm³/mol. The van der Waals surface area contributed by atoms with Gasteiger partial charge in [0.1, 0.15) is 5.52 Å². The molecule has 112 valence electrons. The Morgan fingerprint density at radius 2 is 1.90 bits per heavy atom. The molecule has 21 heavy (non-hydrogen) atoms. The maximum atomic E-state index is 13.0. The van der Waals surface area contributed by atoms with Gasteiger partial charge in [-0.15, -0.1) is 0 Å². The highest BCUT2D eigenvalue weighted by Crippen LogP contribution is 2.51. The lowest BCUT2D eigenvalue weighted by Crippen LogP contribution is -2.13. The van der Waals surface area contributed by atoms with E-state index in [4.69, 9.17) is 19.2 Å². The molecule has 0 saturated carbocycles. The molecule has 0 unspecified atom stereocenters. The van der Waals surface area contributed by atoms with Crippen LogP contribution in [0.5, 0.6) is 0 Å². The summed E-state index contributed by atoms with van der Waals surface area (Å²) in [5.41, 5.74) is 7.93. The maximum Gasteiger partial charge on any atom is 0.368 e. The number of hydrogen-bond acceptors (Lipinski definition) is 5. The lowest BCUT2D eigenvalue weighted by atomic mass is 10.2. The zero-order valence-corrected chi connectivity index (χ0v) is 12.8. The molecule has 0 aliphatic heterocycles.